The van der Waals surface area contributed by atoms with Gasteiger partial charge in [0.05, 0.1) is 6.21 Å². The van der Waals surface area contributed by atoms with Crippen molar-refractivity contribution >= 4 is 34.5 Å². The van der Waals surface area contributed by atoms with Crippen LogP contribution in [0.15, 0.2) is 65.8 Å². The van der Waals surface area contributed by atoms with E-state index in [1.807, 2.05) is 30.3 Å². The summed E-state index contributed by atoms with van der Waals surface area (Å²) in [5, 5.41) is 16.1. The van der Waals surface area contributed by atoms with Crippen LogP contribution in [0.1, 0.15) is 15.9 Å². The Bertz CT molecular complexity index is 906. The summed E-state index contributed by atoms with van der Waals surface area (Å²) in [4.78, 5) is 12.1. The molecule has 1 amide bonds. The summed E-state index contributed by atoms with van der Waals surface area (Å²) < 4.78 is 0. The van der Waals surface area contributed by atoms with E-state index in [-0.39, 0.29) is 11.7 Å². The summed E-state index contributed by atoms with van der Waals surface area (Å²) in [5.41, 5.74) is 3.37. The molecular formula is C18H13ClN2O2. The Morgan fingerprint density at radius 3 is 2.65 bits per heavy atom. The van der Waals surface area contributed by atoms with Crippen molar-refractivity contribution in [2.75, 3.05) is 0 Å². The van der Waals surface area contributed by atoms with Crippen molar-refractivity contribution in [2.24, 2.45) is 5.10 Å². The molecule has 23 heavy (non-hydrogen) atoms. The van der Waals surface area contributed by atoms with Gasteiger partial charge in [0.1, 0.15) is 5.75 Å². The number of hydrogen-bond donors (Lipinski definition) is 2. The van der Waals surface area contributed by atoms with Crippen LogP contribution in [0.4, 0.5) is 0 Å². The third-order valence-electron chi connectivity index (χ3n) is 3.37. The van der Waals surface area contributed by atoms with E-state index in [4.69, 9.17) is 11.6 Å². The van der Waals surface area contributed by atoms with E-state index in [2.05, 4.69) is 10.5 Å². The molecule has 0 aromatic heterocycles. The lowest BCUT2D eigenvalue weighted by Gasteiger charge is -2.03. The molecular weight excluding hydrogens is 312 g/mol. The summed E-state index contributed by atoms with van der Waals surface area (Å²) in [6.45, 7) is 0. The first-order valence-corrected chi connectivity index (χ1v) is 7.32. The number of halogens is 1. The van der Waals surface area contributed by atoms with Crippen LogP contribution in [0.3, 0.4) is 0 Å². The van der Waals surface area contributed by atoms with E-state index in [0.29, 0.717) is 16.1 Å². The minimum Gasteiger partial charge on any atom is -0.507 e. The Morgan fingerprint density at radius 2 is 1.83 bits per heavy atom. The molecule has 0 radical (unpaired) electrons. The van der Waals surface area contributed by atoms with Crippen LogP contribution in [-0.4, -0.2) is 17.2 Å². The van der Waals surface area contributed by atoms with E-state index in [9.17, 15) is 9.90 Å². The number of benzene rings is 3. The molecule has 4 nitrogen and oxygen atoms in total. The second-order valence-electron chi connectivity index (χ2n) is 4.96. The molecule has 0 aliphatic rings. The number of carbonyl (C=O) groups is 1. The van der Waals surface area contributed by atoms with Gasteiger partial charge in [-0.15, -0.1) is 0 Å². The van der Waals surface area contributed by atoms with Gasteiger partial charge >= 0.3 is 0 Å². The van der Waals surface area contributed by atoms with E-state index in [0.717, 1.165) is 10.8 Å². The topological polar surface area (TPSA) is 61.7 Å². The number of hydrogen-bond acceptors (Lipinski definition) is 3. The monoisotopic (exact) mass is 324 g/mol. The van der Waals surface area contributed by atoms with E-state index >= 15 is 0 Å². The van der Waals surface area contributed by atoms with Crippen molar-refractivity contribution in [2.45, 2.75) is 0 Å². The van der Waals surface area contributed by atoms with Gasteiger partial charge in [0.25, 0.3) is 5.91 Å². The number of aromatic hydroxyl groups is 1. The van der Waals surface area contributed by atoms with E-state index < -0.39 is 0 Å². The Labute approximate surface area is 138 Å². The average molecular weight is 325 g/mol. The highest BCUT2D eigenvalue weighted by molar-refractivity contribution is 6.30. The summed E-state index contributed by atoms with van der Waals surface area (Å²) >= 11 is 5.85. The van der Waals surface area contributed by atoms with Gasteiger partial charge in [0, 0.05) is 16.1 Å². The Hall–Kier alpha value is -2.85. The van der Waals surface area contributed by atoms with Crippen LogP contribution in [0, 0.1) is 0 Å². The molecule has 0 aliphatic heterocycles. The first-order valence-electron chi connectivity index (χ1n) is 6.94. The Morgan fingerprint density at radius 1 is 1.04 bits per heavy atom. The second-order valence-corrected chi connectivity index (χ2v) is 5.40. The molecule has 114 valence electrons. The van der Waals surface area contributed by atoms with Crippen LogP contribution in [0.5, 0.6) is 5.75 Å². The number of phenolic OH excluding ortho intramolecular Hbond substituents is 1. The maximum Gasteiger partial charge on any atom is 0.271 e. The number of phenols is 1. The molecule has 3 rings (SSSR count). The number of hydrazone groups is 1. The fourth-order valence-corrected chi connectivity index (χ4v) is 2.36. The molecule has 0 fully saturated rings. The average Bonchev–Trinajstić information content (AvgIpc) is 2.57. The number of amides is 1. The predicted octanol–water partition coefficient (Wildman–Crippen LogP) is 3.96. The van der Waals surface area contributed by atoms with Crippen molar-refractivity contribution in [3.63, 3.8) is 0 Å². The van der Waals surface area contributed by atoms with Crippen molar-refractivity contribution in [1.82, 2.24) is 5.43 Å². The number of nitrogens with one attached hydrogen (secondary N) is 1. The molecule has 0 bridgehead atoms. The zero-order valence-corrected chi connectivity index (χ0v) is 12.8. The lowest BCUT2D eigenvalue weighted by Crippen LogP contribution is -2.17. The van der Waals surface area contributed by atoms with Crippen LogP contribution >= 0.6 is 11.6 Å². The van der Waals surface area contributed by atoms with Gasteiger partial charge in [-0.3, -0.25) is 4.79 Å². The van der Waals surface area contributed by atoms with Gasteiger partial charge in [0.2, 0.25) is 0 Å². The first kappa shape index (κ1) is 15.1. The van der Waals surface area contributed by atoms with Gasteiger partial charge in [-0.25, -0.2) is 5.43 Å². The highest BCUT2D eigenvalue weighted by Gasteiger charge is 2.05. The van der Waals surface area contributed by atoms with Crippen molar-refractivity contribution in [1.29, 1.82) is 0 Å². The van der Waals surface area contributed by atoms with Crippen LogP contribution < -0.4 is 5.43 Å². The van der Waals surface area contributed by atoms with Gasteiger partial charge in [0.15, 0.2) is 0 Å². The summed E-state index contributed by atoms with van der Waals surface area (Å²) in [6, 6.07) is 17.8. The lowest BCUT2D eigenvalue weighted by atomic mass is 10.1. The zero-order chi connectivity index (χ0) is 16.2. The van der Waals surface area contributed by atoms with Gasteiger partial charge in [-0.2, -0.15) is 5.10 Å². The van der Waals surface area contributed by atoms with Crippen molar-refractivity contribution in [3.8, 4) is 5.75 Å². The van der Waals surface area contributed by atoms with E-state index in [1.165, 1.54) is 12.3 Å². The maximum atomic E-state index is 12.1. The predicted molar refractivity (Wildman–Crippen MR) is 92.1 cm³/mol. The zero-order valence-electron chi connectivity index (χ0n) is 12.0. The fourth-order valence-electron chi connectivity index (χ4n) is 2.18. The number of fused-ring (bicyclic) bond motifs is 1. The molecule has 3 aromatic carbocycles. The van der Waals surface area contributed by atoms with Crippen LogP contribution in [0.2, 0.25) is 5.02 Å². The van der Waals surface area contributed by atoms with E-state index in [1.54, 1.807) is 24.3 Å². The largest absolute Gasteiger partial charge is 0.507 e. The molecule has 0 aliphatic carbocycles. The highest BCUT2D eigenvalue weighted by Crippen LogP contribution is 2.19. The highest BCUT2D eigenvalue weighted by atomic mass is 35.5. The third kappa shape index (κ3) is 3.49. The second kappa shape index (κ2) is 6.50. The molecule has 0 heterocycles. The number of rotatable bonds is 3. The first-order chi connectivity index (χ1) is 11.1. The summed E-state index contributed by atoms with van der Waals surface area (Å²) in [6.07, 6.45) is 1.35. The standard InChI is InChI=1S/C18H13ClN2O2/c19-16-7-8-17(22)15(10-16)11-20-21-18(23)14-6-5-12-3-1-2-4-13(12)9-14/h1-11,22H,(H,21,23)/b20-11+. The molecule has 0 atom stereocenters. The van der Waals surface area contributed by atoms with Crippen LogP contribution in [-0.2, 0) is 0 Å². The molecule has 0 spiro atoms. The molecule has 2 N–H and O–H groups in total. The lowest BCUT2D eigenvalue weighted by molar-refractivity contribution is 0.0955. The molecule has 5 heteroatoms. The quantitative estimate of drug-likeness (QED) is 0.566. The Kier molecular flexibility index (Phi) is 4.26. The number of carbonyl (C=O) groups excluding carboxylic acids is 1. The SMILES string of the molecule is O=C(N/N=C/c1cc(Cl)ccc1O)c1ccc2ccccc2c1. The minimum absolute atomic E-state index is 0.0399. The molecule has 0 saturated carbocycles. The molecule has 0 saturated heterocycles. The molecule has 3 aromatic rings. The van der Waals surface area contributed by atoms with Gasteiger partial charge < -0.3 is 5.11 Å². The maximum absolute atomic E-state index is 12.1. The third-order valence-corrected chi connectivity index (χ3v) is 3.61. The minimum atomic E-state index is -0.325. The summed E-state index contributed by atoms with van der Waals surface area (Å²) in [7, 11) is 0. The van der Waals surface area contributed by atoms with Crippen molar-refractivity contribution < 1.29 is 9.90 Å². The molecule has 0 unspecified atom stereocenters. The Balaban J connectivity index is 1.75. The summed E-state index contributed by atoms with van der Waals surface area (Å²) in [5.74, 6) is -0.286. The van der Waals surface area contributed by atoms with Gasteiger partial charge in [-0.05, 0) is 41.1 Å². The fraction of sp³-hybridized carbons (Fsp3) is 0. The van der Waals surface area contributed by atoms with Gasteiger partial charge in [-0.1, -0.05) is 41.9 Å². The van der Waals surface area contributed by atoms with Crippen molar-refractivity contribution in [3.05, 3.63) is 76.8 Å². The number of nitrogens with zero attached hydrogens (tertiary/aromatic N) is 1. The smallest absolute Gasteiger partial charge is 0.271 e. The van der Waals surface area contributed by atoms with Crippen LogP contribution in [0.25, 0.3) is 10.8 Å². The normalized spacial score (nSPS) is 11.0.